The van der Waals surface area contributed by atoms with E-state index in [4.69, 9.17) is 9.15 Å². The molecule has 0 radical (unpaired) electrons. The molecule has 2 heterocycles. The molecule has 3 aromatic rings. The number of benzene rings is 2. The quantitative estimate of drug-likeness (QED) is 0.762. The van der Waals surface area contributed by atoms with Crippen molar-refractivity contribution in [2.75, 3.05) is 18.5 Å². The minimum Gasteiger partial charge on any atom is -0.477 e. The van der Waals surface area contributed by atoms with Gasteiger partial charge in [-0.1, -0.05) is 12.1 Å². The Labute approximate surface area is 154 Å². The van der Waals surface area contributed by atoms with Crippen molar-refractivity contribution in [1.29, 1.82) is 0 Å². The van der Waals surface area contributed by atoms with E-state index in [2.05, 4.69) is 15.5 Å². The predicted octanol–water partition coefficient (Wildman–Crippen LogP) is 1.89. The minimum absolute atomic E-state index is 0.126. The number of likely N-dealkylation sites (N-methyl/N-ethyl adjacent to an activating group) is 1. The Morgan fingerprint density at radius 3 is 2.63 bits per heavy atom. The SMILES string of the molecule is CNC(=O)[C@H]1CN(C(=O)c2ccc(-c3nnco3)cc2)c2ccccc2O1. The van der Waals surface area contributed by atoms with Crippen LogP contribution in [0.25, 0.3) is 11.5 Å². The second kappa shape index (κ2) is 6.91. The van der Waals surface area contributed by atoms with Gasteiger partial charge in [0.05, 0.1) is 12.2 Å². The van der Waals surface area contributed by atoms with Gasteiger partial charge in [-0.15, -0.1) is 10.2 Å². The van der Waals surface area contributed by atoms with Gasteiger partial charge in [-0.25, -0.2) is 0 Å². The van der Waals surface area contributed by atoms with Crippen LogP contribution >= 0.6 is 0 Å². The van der Waals surface area contributed by atoms with E-state index in [9.17, 15) is 9.59 Å². The Balaban J connectivity index is 1.64. The molecule has 8 heteroatoms. The lowest BCUT2D eigenvalue weighted by atomic mass is 10.1. The fraction of sp³-hybridized carbons (Fsp3) is 0.158. The molecule has 0 fully saturated rings. The number of anilines is 1. The number of nitrogens with zero attached hydrogens (tertiary/aromatic N) is 3. The molecule has 1 atom stereocenters. The molecule has 0 unspecified atom stereocenters. The van der Waals surface area contributed by atoms with Gasteiger partial charge in [-0.3, -0.25) is 9.59 Å². The van der Waals surface area contributed by atoms with Crippen molar-refractivity contribution in [3.63, 3.8) is 0 Å². The Morgan fingerprint density at radius 2 is 1.93 bits per heavy atom. The van der Waals surface area contributed by atoms with Crippen molar-refractivity contribution in [2.45, 2.75) is 6.10 Å². The number of ether oxygens (including phenoxy) is 1. The first-order valence-corrected chi connectivity index (χ1v) is 8.33. The highest BCUT2D eigenvalue weighted by molar-refractivity contribution is 6.08. The zero-order valence-corrected chi connectivity index (χ0v) is 14.5. The van der Waals surface area contributed by atoms with E-state index in [1.165, 1.54) is 13.4 Å². The molecule has 1 aliphatic rings. The number of hydrogen-bond acceptors (Lipinski definition) is 6. The lowest BCUT2D eigenvalue weighted by Gasteiger charge is -2.34. The molecule has 1 aliphatic heterocycles. The van der Waals surface area contributed by atoms with Crippen LogP contribution in [0.4, 0.5) is 5.69 Å². The number of aromatic nitrogens is 2. The van der Waals surface area contributed by atoms with Crippen molar-refractivity contribution in [3.05, 3.63) is 60.5 Å². The molecule has 27 heavy (non-hydrogen) atoms. The summed E-state index contributed by atoms with van der Waals surface area (Å²) in [6.07, 6.45) is 0.476. The zero-order chi connectivity index (χ0) is 18.8. The Hall–Kier alpha value is -3.68. The van der Waals surface area contributed by atoms with Gasteiger partial charge in [-0.2, -0.15) is 0 Å². The molecule has 0 bridgehead atoms. The van der Waals surface area contributed by atoms with E-state index in [0.717, 1.165) is 5.56 Å². The molecule has 2 aromatic carbocycles. The van der Waals surface area contributed by atoms with Crippen LogP contribution in [-0.2, 0) is 4.79 Å². The van der Waals surface area contributed by atoms with Crippen molar-refractivity contribution in [1.82, 2.24) is 15.5 Å². The molecule has 136 valence electrons. The Kier molecular flexibility index (Phi) is 4.29. The average molecular weight is 364 g/mol. The highest BCUT2D eigenvalue weighted by atomic mass is 16.5. The van der Waals surface area contributed by atoms with Gasteiger partial charge < -0.3 is 19.4 Å². The van der Waals surface area contributed by atoms with Crippen LogP contribution in [0.5, 0.6) is 5.75 Å². The lowest BCUT2D eigenvalue weighted by molar-refractivity contribution is -0.127. The summed E-state index contributed by atoms with van der Waals surface area (Å²) >= 11 is 0. The number of rotatable bonds is 3. The molecule has 0 aliphatic carbocycles. The summed E-state index contributed by atoms with van der Waals surface area (Å²) in [7, 11) is 1.54. The molecule has 0 saturated carbocycles. The van der Waals surface area contributed by atoms with Crippen LogP contribution in [0.15, 0.2) is 59.3 Å². The standard InChI is InChI=1S/C19H16N4O4/c1-20-17(24)16-10-23(14-4-2-3-5-15(14)27-16)19(25)13-8-6-12(7-9-13)18-22-21-11-26-18/h2-9,11,16H,10H2,1H3,(H,20,24)/t16-/m1/s1. The minimum atomic E-state index is -0.772. The van der Waals surface area contributed by atoms with E-state index < -0.39 is 6.10 Å². The summed E-state index contributed by atoms with van der Waals surface area (Å²) in [6.45, 7) is 0.126. The van der Waals surface area contributed by atoms with E-state index in [1.807, 2.05) is 6.07 Å². The van der Waals surface area contributed by atoms with Gasteiger partial charge in [0, 0.05) is 18.2 Å². The zero-order valence-electron chi connectivity index (χ0n) is 14.5. The molecule has 8 nitrogen and oxygen atoms in total. The van der Waals surface area contributed by atoms with E-state index in [0.29, 0.717) is 22.9 Å². The number of hydrogen-bond donors (Lipinski definition) is 1. The first kappa shape index (κ1) is 16.8. The number of carbonyl (C=O) groups is 2. The van der Waals surface area contributed by atoms with Gasteiger partial charge in [0.2, 0.25) is 12.3 Å². The molecule has 1 aromatic heterocycles. The maximum Gasteiger partial charge on any atom is 0.262 e. The molecule has 0 saturated heterocycles. The van der Waals surface area contributed by atoms with E-state index in [1.54, 1.807) is 47.4 Å². The summed E-state index contributed by atoms with van der Waals surface area (Å²) in [5.41, 5.74) is 1.82. The second-order valence-corrected chi connectivity index (χ2v) is 5.93. The maximum absolute atomic E-state index is 13.1. The number of fused-ring (bicyclic) bond motifs is 1. The topological polar surface area (TPSA) is 97.6 Å². The van der Waals surface area contributed by atoms with Crippen LogP contribution in [-0.4, -0.2) is 41.7 Å². The maximum atomic E-state index is 13.1. The highest BCUT2D eigenvalue weighted by Crippen LogP contribution is 2.34. The summed E-state index contributed by atoms with van der Waals surface area (Å²) in [5.74, 6) is 0.365. The van der Waals surface area contributed by atoms with Crippen molar-refractivity contribution >= 4 is 17.5 Å². The molecular formula is C19H16N4O4. The van der Waals surface area contributed by atoms with Crippen LogP contribution in [0.1, 0.15) is 10.4 Å². The van der Waals surface area contributed by atoms with Crippen molar-refractivity contribution in [3.8, 4) is 17.2 Å². The van der Waals surface area contributed by atoms with Gasteiger partial charge in [0.25, 0.3) is 11.8 Å². The predicted molar refractivity (Wildman–Crippen MR) is 96.3 cm³/mol. The largest absolute Gasteiger partial charge is 0.477 e. The van der Waals surface area contributed by atoms with Gasteiger partial charge in [0.1, 0.15) is 5.75 Å². The summed E-state index contributed by atoms with van der Waals surface area (Å²) < 4.78 is 10.9. The monoisotopic (exact) mass is 364 g/mol. The number of nitrogens with one attached hydrogen (secondary N) is 1. The average Bonchev–Trinajstić information content (AvgIpc) is 3.27. The van der Waals surface area contributed by atoms with Gasteiger partial charge >= 0.3 is 0 Å². The van der Waals surface area contributed by atoms with Gasteiger partial charge in [0.15, 0.2) is 6.10 Å². The smallest absolute Gasteiger partial charge is 0.262 e. The molecule has 2 amide bonds. The third-order valence-electron chi connectivity index (χ3n) is 4.30. The second-order valence-electron chi connectivity index (χ2n) is 5.93. The highest BCUT2D eigenvalue weighted by Gasteiger charge is 2.33. The fourth-order valence-corrected chi connectivity index (χ4v) is 2.93. The molecule has 0 spiro atoms. The van der Waals surface area contributed by atoms with Crippen molar-refractivity contribution in [2.24, 2.45) is 0 Å². The first-order chi connectivity index (χ1) is 13.2. The number of amides is 2. The van der Waals surface area contributed by atoms with E-state index in [-0.39, 0.29) is 18.4 Å². The summed E-state index contributed by atoms with van der Waals surface area (Å²) in [6, 6.07) is 14.0. The van der Waals surface area contributed by atoms with Gasteiger partial charge in [-0.05, 0) is 36.4 Å². The molecule has 1 N–H and O–H groups in total. The third-order valence-corrected chi connectivity index (χ3v) is 4.30. The van der Waals surface area contributed by atoms with Crippen molar-refractivity contribution < 1.29 is 18.7 Å². The molecular weight excluding hydrogens is 348 g/mol. The lowest BCUT2D eigenvalue weighted by Crippen LogP contribution is -2.50. The fourth-order valence-electron chi connectivity index (χ4n) is 2.93. The summed E-state index contributed by atoms with van der Waals surface area (Å²) in [5, 5.41) is 10.1. The van der Waals surface area contributed by atoms with Crippen LogP contribution in [0.3, 0.4) is 0 Å². The third kappa shape index (κ3) is 3.12. The van der Waals surface area contributed by atoms with Crippen LogP contribution < -0.4 is 15.0 Å². The van der Waals surface area contributed by atoms with E-state index >= 15 is 0 Å². The summed E-state index contributed by atoms with van der Waals surface area (Å²) in [4.78, 5) is 26.7. The van der Waals surface area contributed by atoms with Crippen LogP contribution in [0, 0.1) is 0 Å². The number of carbonyl (C=O) groups excluding carboxylic acids is 2. The molecule has 4 rings (SSSR count). The van der Waals surface area contributed by atoms with Crippen LogP contribution in [0.2, 0.25) is 0 Å². The normalized spacial score (nSPS) is 15.6. The Morgan fingerprint density at radius 1 is 1.15 bits per heavy atom. The Bertz CT molecular complexity index is 970. The number of para-hydroxylation sites is 2. The first-order valence-electron chi connectivity index (χ1n) is 8.33.